The second-order valence-corrected chi connectivity index (χ2v) is 15.8. The first-order valence-corrected chi connectivity index (χ1v) is 20.8. The van der Waals surface area contributed by atoms with E-state index < -0.39 is 83.7 Å². The van der Waals surface area contributed by atoms with Crippen molar-refractivity contribution in [2.75, 3.05) is 13.1 Å². The van der Waals surface area contributed by atoms with Crippen LogP contribution in [0, 0.1) is 5.92 Å². The molecule has 8 atom stereocenters. The summed E-state index contributed by atoms with van der Waals surface area (Å²) in [7, 11) is 0. The Hall–Kier alpha value is -6.30. The van der Waals surface area contributed by atoms with Gasteiger partial charge in [-0.25, -0.2) is 9.78 Å². The summed E-state index contributed by atoms with van der Waals surface area (Å²) in [4.78, 5) is 103. The molecule has 6 amide bonds. The first kappa shape index (κ1) is 45.8. The van der Waals surface area contributed by atoms with E-state index in [1.54, 1.807) is 49.4 Å². The van der Waals surface area contributed by atoms with E-state index in [1.807, 2.05) is 6.92 Å². The largest absolute Gasteiger partial charge is 0.508 e. The third-order valence-electron chi connectivity index (χ3n) is 11.3. The lowest BCUT2D eigenvalue weighted by atomic mass is 9.96. The van der Waals surface area contributed by atoms with Gasteiger partial charge in [-0.15, -0.1) is 0 Å². The number of hydrogen-bond acceptors (Lipinski definition) is 10. The highest BCUT2D eigenvalue weighted by atomic mass is 16.4. The maximum Gasteiger partial charge on any atom is 0.326 e. The third-order valence-corrected chi connectivity index (χ3v) is 11.3. The molecule has 2 aliphatic rings. The molecule has 1 aromatic heterocycles. The van der Waals surface area contributed by atoms with Gasteiger partial charge in [0, 0.05) is 37.7 Å². The maximum absolute atomic E-state index is 14.4. The number of nitrogens with zero attached hydrogens (tertiary/aromatic N) is 2. The van der Waals surface area contributed by atoms with Crippen LogP contribution in [0.1, 0.15) is 69.7 Å². The number of aromatic nitrogens is 2. The predicted octanol–water partition coefficient (Wildman–Crippen LogP) is 0.461. The smallest absolute Gasteiger partial charge is 0.326 e. The SMILES string of the molecule is CC[C@H](C)[C@H](NC(=O)[C@H](Cc1ccc(O)cc1)NC(=O)[C@H](C)NC(=O)[C@@H]1CCCN1)C(=O)N[C@@H](Cc1cnc[nH]1)C(=O)N1CCC[C@H]1C(=O)N[C@@H](Cc1ccccc1)C(=O)O. The second kappa shape index (κ2) is 21.8. The van der Waals surface area contributed by atoms with Crippen molar-refractivity contribution in [2.45, 2.75) is 114 Å². The van der Waals surface area contributed by atoms with Gasteiger partial charge < -0.3 is 52.0 Å². The minimum Gasteiger partial charge on any atom is -0.508 e. The summed E-state index contributed by atoms with van der Waals surface area (Å²) >= 11 is 0. The second-order valence-electron chi connectivity index (χ2n) is 15.8. The van der Waals surface area contributed by atoms with Crippen LogP contribution in [0.4, 0.5) is 0 Å². The zero-order chi connectivity index (χ0) is 44.1. The molecule has 61 heavy (non-hydrogen) atoms. The normalized spacial score (nSPS) is 19.0. The highest BCUT2D eigenvalue weighted by molar-refractivity contribution is 5.97. The number of carbonyl (C=O) groups is 7. The molecular weight excluding hydrogens is 787 g/mol. The van der Waals surface area contributed by atoms with Gasteiger partial charge in [-0.1, -0.05) is 62.7 Å². The van der Waals surface area contributed by atoms with Crippen LogP contribution in [-0.2, 0) is 52.8 Å². The number of benzene rings is 2. The standard InChI is InChI=1S/C43H57N9O9/c1-4-25(2)36(51-39(56)32(20-28-14-16-30(53)17-15-28)48-37(54)26(3)47-38(55)31-12-8-18-45-31)41(58)49-33(22-29-23-44-24-46-29)42(59)52-19-9-13-35(52)40(57)50-34(43(60)61)21-27-10-6-5-7-11-27/h5-7,10-11,14-17,23-26,31-36,45,53H,4,8-9,12-13,18-22H2,1-3H3,(H,44,46)(H,47,55)(H,48,54)(H,49,58)(H,50,57)(H,51,56)(H,60,61)/t25-,26-,31-,32-,33-,34-,35-,36-/m0/s1. The lowest BCUT2D eigenvalue weighted by molar-refractivity contribution is -0.145. The van der Waals surface area contributed by atoms with Crippen molar-refractivity contribution in [1.29, 1.82) is 0 Å². The number of nitrogens with one attached hydrogen (secondary N) is 7. The summed E-state index contributed by atoms with van der Waals surface area (Å²) in [5.74, 6) is -5.23. The molecule has 18 nitrogen and oxygen atoms in total. The van der Waals surface area contributed by atoms with E-state index in [0.29, 0.717) is 42.6 Å². The van der Waals surface area contributed by atoms with E-state index in [2.05, 4.69) is 41.9 Å². The Morgan fingerprint density at radius 2 is 1.46 bits per heavy atom. The fraction of sp³-hybridized carbons (Fsp3) is 0.488. The molecule has 3 aromatic rings. The molecule has 0 unspecified atom stereocenters. The van der Waals surface area contributed by atoms with E-state index in [0.717, 1.165) is 6.42 Å². The van der Waals surface area contributed by atoms with Crippen LogP contribution in [0.25, 0.3) is 0 Å². The van der Waals surface area contributed by atoms with E-state index in [-0.39, 0.29) is 43.9 Å². The fourth-order valence-electron chi connectivity index (χ4n) is 7.52. The Bertz CT molecular complexity index is 1970. The number of likely N-dealkylation sites (tertiary alicyclic amines) is 1. The summed E-state index contributed by atoms with van der Waals surface area (Å²) in [6.45, 7) is 5.97. The summed E-state index contributed by atoms with van der Waals surface area (Å²) in [5.41, 5.74) is 1.82. The summed E-state index contributed by atoms with van der Waals surface area (Å²) in [6, 6.07) is 7.65. The zero-order valence-corrected chi connectivity index (χ0v) is 34.7. The van der Waals surface area contributed by atoms with Gasteiger partial charge in [-0.3, -0.25) is 28.8 Å². The molecule has 0 aliphatic carbocycles. The van der Waals surface area contributed by atoms with Gasteiger partial charge in [0.2, 0.25) is 35.4 Å². The first-order valence-electron chi connectivity index (χ1n) is 20.8. The molecule has 2 aromatic carbocycles. The number of imidazole rings is 1. The number of carboxylic acid groups (broad SMARTS) is 1. The lowest BCUT2D eigenvalue weighted by Gasteiger charge is -2.31. The van der Waals surface area contributed by atoms with Crippen molar-refractivity contribution in [3.63, 3.8) is 0 Å². The molecule has 0 radical (unpaired) electrons. The van der Waals surface area contributed by atoms with Gasteiger partial charge in [0.1, 0.15) is 42.0 Å². The fourth-order valence-corrected chi connectivity index (χ4v) is 7.52. The van der Waals surface area contributed by atoms with Gasteiger partial charge in [-0.2, -0.15) is 0 Å². The number of phenols is 1. The summed E-state index contributed by atoms with van der Waals surface area (Å²) < 4.78 is 0. The van der Waals surface area contributed by atoms with Crippen LogP contribution in [0.2, 0.25) is 0 Å². The Kier molecular flexibility index (Phi) is 16.4. The average molecular weight is 844 g/mol. The molecule has 5 rings (SSSR count). The molecular formula is C43H57N9O9. The number of amides is 6. The van der Waals surface area contributed by atoms with Crippen LogP contribution < -0.4 is 31.9 Å². The number of rotatable bonds is 20. The number of carboxylic acids is 1. The van der Waals surface area contributed by atoms with Gasteiger partial charge >= 0.3 is 5.97 Å². The Morgan fingerprint density at radius 1 is 0.770 bits per heavy atom. The monoisotopic (exact) mass is 843 g/mol. The number of aromatic amines is 1. The summed E-state index contributed by atoms with van der Waals surface area (Å²) in [6.07, 6.45) is 5.54. The Labute approximate surface area is 354 Å². The number of aromatic hydroxyl groups is 1. The highest BCUT2D eigenvalue weighted by Crippen LogP contribution is 2.21. The van der Waals surface area contributed by atoms with Crippen molar-refractivity contribution >= 4 is 41.4 Å². The molecule has 0 spiro atoms. The number of hydrogen-bond donors (Lipinski definition) is 9. The van der Waals surface area contributed by atoms with E-state index in [9.17, 15) is 43.8 Å². The van der Waals surface area contributed by atoms with Crippen molar-refractivity contribution in [3.05, 3.63) is 83.9 Å². The Morgan fingerprint density at radius 3 is 2.10 bits per heavy atom. The molecule has 2 saturated heterocycles. The maximum atomic E-state index is 14.4. The highest BCUT2D eigenvalue weighted by Gasteiger charge is 2.40. The molecule has 9 N–H and O–H groups in total. The minimum atomic E-state index is -1.24. The lowest BCUT2D eigenvalue weighted by Crippen LogP contribution is -2.61. The van der Waals surface area contributed by atoms with Crippen molar-refractivity contribution in [1.82, 2.24) is 46.8 Å². The molecule has 328 valence electrons. The zero-order valence-electron chi connectivity index (χ0n) is 34.7. The van der Waals surface area contributed by atoms with Crippen LogP contribution >= 0.6 is 0 Å². The van der Waals surface area contributed by atoms with Crippen molar-refractivity contribution in [2.24, 2.45) is 5.92 Å². The predicted molar refractivity (Wildman–Crippen MR) is 222 cm³/mol. The van der Waals surface area contributed by atoms with Crippen LogP contribution in [0.3, 0.4) is 0 Å². The molecule has 0 bridgehead atoms. The molecule has 18 heteroatoms. The number of aliphatic carboxylic acids is 1. The molecule has 2 aliphatic heterocycles. The van der Waals surface area contributed by atoms with E-state index in [4.69, 9.17) is 0 Å². The first-order chi connectivity index (χ1) is 29.2. The van der Waals surface area contributed by atoms with Gasteiger partial charge in [0.25, 0.3) is 0 Å². The molecule has 3 heterocycles. The van der Waals surface area contributed by atoms with E-state index in [1.165, 1.54) is 36.5 Å². The average Bonchev–Trinajstić information content (AvgIpc) is 4.07. The van der Waals surface area contributed by atoms with Crippen molar-refractivity contribution in [3.8, 4) is 5.75 Å². The van der Waals surface area contributed by atoms with Crippen LogP contribution in [0.5, 0.6) is 5.75 Å². The quantitative estimate of drug-likeness (QED) is 0.0755. The number of H-pyrrole nitrogens is 1. The van der Waals surface area contributed by atoms with Crippen LogP contribution in [-0.4, -0.2) is 122 Å². The summed E-state index contributed by atoms with van der Waals surface area (Å²) in [5, 5.41) is 36.5. The molecule has 0 saturated carbocycles. The van der Waals surface area contributed by atoms with Crippen LogP contribution in [0.15, 0.2) is 67.1 Å². The topological polar surface area (TPSA) is 264 Å². The van der Waals surface area contributed by atoms with Crippen molar-refractivity contribution < 1.29 is 43.8 Å². The molecule has 2 fully saturated rings. The number of phenolic OH excluding ortho intramolecular Hbond substituents is 1. The third kappa shape index (κ3) is 12.8. The number of carbonyl (C=O) groups excluding carboxylic acids is 6. The van der Waals surface area contributed by atoms with Gasteiger partial charge in [-0.05, 0) is 68.3 Å². The minimum absolute atomic E-state index is 0.00627. The van der Waals surface area contributed by atoms with Gasteiger partial charge in [0.15, 0.2) is 0 Å². The van der Waals surface area contributed by atoms with Gasteiger partial charge in [0.05, 0.1) is 12.4 Å². The van der Waals surface area contributed by atoms with E-state index >= 15 is 0 Å². The Balaban J connectivity index is 1.32.